The van der Waals surface area contributed by atoms with E-state index in [4.69, 9.17) is 0 Å². The van der Waals surface area contributed by atoms with Crippen LogP contribution in [0.2, 0.25) is 0 Å². The van der Waals surface area contributed by atoms with Gasteiger partial charge in [-0.1, -0.05) is 0 Å². The van der Waals surface area contributed by atoms with Crippen LogP contribution in [0.5, 0.6) is 0 Å². The van der Waals surface area contributed by atoms with Gasteiger partial charge in [0.15, 0.2) is 5.82 Å². The minimum atomic E-state index is -0.455. The highest BCUT2D eigenvalue weighted by Gasteiger charge is 2.02. The molecule has 1 aromatic carbocycles. The molecule has 90 valence electrons. The minimum absolute atomic E-state index is 0.361. The SMILES string of the molecule is Cn1ncc2cc(Nc3ncc(F)cn3)ccc21. The maximum absolute atomic E-state index is 12.7. The quantitative estimate of drug-likeness (QED) is 0.750. The highest BCUT2D eigenvalue weighted by molar-refractivity contribution is 5.83. The molecule has 0 saturated carbocycles. The van der Waals surface area contributed by atoms with Crippen LogP contribution in [0.15, 0.2) is 36.8 Å². The van der Waals surface area contributed by atoms with E-state index in [1.54, 1.807) is 10.9 Å². The molecule has 0 aliphatic carbocycles. The van der Waals surface area contributed by atoms with Crippen LogP contribution >= 0.6 is 0 Å². The average molecular weight is 243 g/mol. The largest absolute Gasteiger partial charge is 0.324 e. The Labute approximate surface area is 102 Å². The number of aromatic nitrogens is 4. The minimum Gasteiger partial charge on any atom is -0.324 e. The molecule has 2 aromatic heterocycles. The Morgan fingerprint density at radius 1 is 1.17 bits per heavy atom. The van der Waals surface area contributed by atoms with Gasteiger partial charge in [0, 0.05) is 18.1 Å². The first-order chi connectivity index (χ1) is 8.72. The van der Waals surface area contributed by atoms with Crippen molar-refractivity contribution in [2.45, 2.75) is 0 Å². The number of hydrogen-bond donors (Lipinski definition) is 1. The van der Waals surface area contributed by atoms with E-state index in [1.807, 2.05) is 25.2 Å². The van der Waals surface area contributed by atoms with E-state index in [2.05, 4.69) is 20.4 Å². The fourth-order valence-electron chi connectivity index (χ4n) is 1.75. The van der Waals surface area contributed by atoms with Gasteiger partial charge in [-0.25, -0.2) is 14.4 Å². The monoisotopic (exact) mass is 243 g/mol. The predicted octanol–water partition coefficient (Wildman–Crippen LogP) is 2.25. The van der Waals surface area contributed by atoms with Crippen molar-refractivity contribution in [1.29, 1.82) is 0 Å². The second-order valence-corrected chi connectivity index (χ2v) is 3.89. The van der Waals surface area contributed by atoms with E-state index in [0.29, 0.717) is 5.95 Å². The molecule has 5 nitrogen and oxygen atoms in total. The zero-order valence-corrected chi connectivity index (χ0v) is 9.63. The molecular weight excluding hydrogens is 233 g/mol. The number of aryl methyl sites for hydroxylation is 1. The Balaban J connectivity index is 1.92. The summed E-state index contributed by atoms with van der Waals surface area (Å²) >= 11 is 0. The van der Waals surface area contributed by atoms with Gasteiger partial charge in [-0.05, 0) is 18.2 Å². The lowest BCUT2D eigenvalue weighted by molar-refractivity contribution is 0.614. The van der Waals surface area contributed by atoms with Crippen LogP contribution in [-0.2, 0) is 7.05 Å². The summed E-state index contributed by atoms with van der Waals surface area (Å²) in [5, 5.41) is 8.19. The fourth-order valence-corrected chi connectivity index (χ4v) is 1.75. The second kappa shape index (κ2) is 4.06. The second-order valence-electron chi connectivity index (χ2n) is 3.89. The third kappa shape index (κ3) is 1.88. The number of anilines is 2. The summed E-state index contributed by atoms with van der Waals surface area (Å²) in [5.74, 6) is -0.0945. The Kier molecular flexibility index (Phi) is 2.40. The van der Waals surface area contributed by atoms with Gasteiger partial charge < -0.3 is 5.32 Å². The summed E-state index contributed by atoms with van der Waals surface area (Å²) < 4.78 is 14.5. The van der Waals surface area contributed by atoms with Crippen LogP contribution in [0.1, 0.15) is 0 Å². The van der Waals surface area contributed by atoms with Crippen LogP contribution < -0.4 is 5.32 Å². The van der Waals surface area contributed by atoms with Crippen molar-refractivity contribution in [3.05, 3.63) is 42.6 Å². The predicted molar refractivity (Wildman–Crippen MR) is 66.0 cm³/mol. The van der Waals surface area contributed by atoms with E-state index in [0.717, 1.165) is 29.0 Å². The number of hydrogen-bond acceptors (Lipinski definition) is 4. The molecule has 0 radical (unpaired) electrons. The average Bonchev–Trinajstić information content (AvgIpc) is 2.74. The van der Waals surface area contributed by atoms with Gasteiger partial charge in [0.05, 0.1) is 24.1 Å². The summed E-state index contributed by atoms with van der Waals surface area (Å²) in [4.78, 5) is 7.68. The molecule has 6 heteroatoms. The molecule has 1 N–H and O–H groups in total. The number of benzene rings is 1. The molecule has 3 rings (SSSR count). The number of fused-ring (bicyclic) bond motifs is 1. The molecule has 0 saturated heterocycles. The third-order valence-electron chi connectivity index (χ3n) is 2.62. The van der Waals surface area contributed by atoms with Crippen LogP contribution in [0.25, 0.3) is 10.9 Å². The van der Waals surface area contributed by atoms with Crippen molar-refractivity contribution in [2.24, 2.45) is 7.05 Å². The summed E-state index contributed by atoms with van der Waals surface area (Å²) in [5.41, 5.74) is 1.88. The van der Waals surface area contributed by atoms with E-state index in [9.17, 15) is 4.39 Å². The molecule has 0 amide bonds. The van der Waals surface area contributed by atoms with Crippen LogP contribution in [0.3, 0.4) is 0 Å². The molecule has 0 bridgehead atoms. The number of nitrogens with one attached hydrogen (secondary N) is 1. The first kappa shape index (κ1) is 10.6. The van der Waals surface area contributed by atoms with Crippen LogP contribution in [0, 0.1) is 5.82 Å². The molecule has 18 heavy (non-hydrogen) atoms. The first-order valence-corrected chi connectivity index (χ1v) is 5.39. The topological polar surface area (TPSA) is 55.6 Å². The van der Waals surface area contributed by atoms with Crippen molar-refractivity contribution in [2.75, 3.05) is 5.32 Å². The Hall–Kier alpha value is -2.50. The lowest BCUT2D eigenvalue weighted by atomic mass is 10.2. The summed E-state index contributed by atoms with van der Waals surface area (Å²) in [6.45, 7) is 0. The first-order valence-electron chi connectivity index (χ1n) is 5.39. The van der Waals surface area contributed by atoms with Gasteiger partial charge in [0.25, 0.3) is 0 Å². The van der Waals surface area contributed by atoms with Gasteiger partial charge in [-0.15, -0.1) is 0 Å². The van der Waals surface area contributed by atoms with Crippen molar-refractivity contribution >= 4 is 22.5 Å². The van der Waals surface area contributed by atoms with Crippen molar-refractivity contribution in [1.82, 2.24) is 19.7 Å². The van der Waals surface area contributed by atoms with E-state index in [1.165, 1.54) is 0 Å². The van der Waals surface area contributed by atoms with Crippen LogP contribution in [0.4, 0.5) is 16.0 Å². The van der Waals surface area contributed by atoms with Gasteiger partial charge in [-0.2, -0.15) is 5.10 Å². The lowest BCUT2D eigenvalue weighted by Crippen LogP contribution is -1.97. The van der Waals surface area contributed by atoms with Crippen molar-refractivity contribution in [3.8, 4) is 0 Å². The molecule has 0 aliphatic rings. The fraction of sp³-hybridized carbons (Fsp3) is 0.0833. The van der Waals surface area contributed by atoms with Gasteiger partial charge in [0.2, 0.25) is 5.95 Å². The molecule has 0 fully saturated rings. The Morgan fingerprint density at radius 3 is 2.72 bits per heavy atom. The number of halogens is 1. The van der Waals surface area contributed by atoms with Crippen molar-refractivity contribution < 1.29 is 4.39 Å². The van der Waals surface area contributed by atoms with E-state index < -0.39 is 5.82 Å². The highest BCUT2D eigenvalue weighted by atomic mass is 19.1. The van der Waals surface area contributed by atoms with E-state index >= 15 is 0 Å². The zero-order chi connectivity index (χ0) is 12.5. The van der Waals surface area contributed by atoms with Crippen LogP contribution in [-0.4, -0.2) is 19.7 Å². The maximum Gasteiger partial charge on any atom is 0.227 e. The highest BCUT2D eigenvalue weighted by Crippen LogP contribution is 2.20. The molecule has 0 spiro atoms. The maximum atomic E-state index is 12.7. The number of rotatable bonds is 2. The molecule has 0 unspecified atom stereocenters. The Morgan fingerprint density at radius 2 is 1.94 bits per heavy atom. The standard InChI is InChI=1S/C12H10FN5/c1-18-11-3-2-10(4-8(11)5-16-18)17-12-14-6-9(13)7-15-12/h2-7H,1H3,(H,14,15,17). The van der Waals surface area contributed by atoms with Gasteiger partial charge in [-0.3, -0.25) is 4.68 Å². The lowest BCUT2D eigenvalue weighted by Gasteiger charge is -2.04. The molecule has 0 atom stereocenters. The molecule has 0 aliphatic heterocycles. The Bertz CT molecular complexity index is 689. The summed E-state index contributed by atoms with van der Waals surface area (Å²) in [6, 6.07) is 5.79. The van der Waals surface area contributed by atoms with Gasteiger partial charge in [0.1, 0.15) is 0 Å². The van der Waals surface area contributed by atoms with Gasteiger partial charge >= 0.3 is 0 Å². The third-order valence-corrected chi connectivity index (χ3v) is 2.62. The smallest absolute Gasteiger partial charge is 0.227 e. The van der Waals surface area contributed by atoms with E-state index in [-0.39, 0.29) is 0 Å². The molecule has 2 heterocycles. The molecule has 3 aromatic rings. The molecular formula is C12H10FN5. The summed E-state index contributed by atoms with van der Waals surface area (Å²) in [7, 11) is 1.89. The van der Waals surface area contributed by atoms with Crippen molar-refractivity contribution in [3.63, 3.8) is 0 Å². The number of nitrogens with zero attached hydrogens (tertiary/aromatic N) is 4. The summed E-state index contributed by atoms with van der Waals surface area (Å²) in [6.07, 6.45) is 4.03. The normalized spacial score (nSPS) is 10.8. The zero-order valence-electron chi connectivity index (χ0n) is 9.63.